The van der Waals surface area contributed by atoms with E-state index in [-0.39, 0.29) is 17.9 Å². The fourth-order valence-electron chi connectivity index (χ4n) is 3.28. The van der Waals surface area contributed by atoms with Gasteiger partial charge in [0.15, 0.2) is 0 Å². The van der Waals surface area contributed by atoms with Crippen LogP contribution < -0.4 is 5.73 Å². The zero-order valence-electron chi connectivity index (χ0n) is 12.7. The predicted molar refractivity (Wildman–Crippen MR) is 81.1 cm³/mol. The summed E-state index contributed by atoms with van der Waals surface area (Å²) in [5.41, 5.74) is 7.17. The number of benzene rings is 1. The van der Waals surface area contributed by atoms with Crippen LogP contribution in [-0.2, 0) is 0 Å². The summed E-state index contributed by atoms with van der Waals surface area (Å²) in [5, 5.41) is 0. The van der Waals surface area contributed by atoms with Crippen molar-refractivity contribution in [2.24, 2.45) is 5.73 Å². The first kappa shape index (κ1) is 15.4. The Kier molecular flexibility index (Phi) is 5.13. The molecule has 3 unspecified atom stereocenters. The molecule has 0 radical (unpaired) electrons. The minimum Gasteiger partial charge on any atom is -0.326 e. The van der Waals surface area contributed by atoms with Crippen molar-refractivity contribution in [2.45, 2.75) is 38.9 Å². The van der Waals surface area contributed by atoms with Crippen molar-refractivity contribution in [3.05, 3.63) is 35.6 Å². The number of likely N-dealkylation sites (N-methyl/N-ethyl adjacent to an activating group) is 1. The summed E-state index contributed by atoms with van der Waals surface area (Å²) >= 11 is 0. The van der Waals surface area contributed by atoms with E-state index < -0.39 is 0 Å². The summed E-state index contributed by atoms with van der Waals surface area (Å²) < 4.78 is 13.5. The SMILES string of the molecule is CCN1CCN(C(c2cccc(F)c2)C(C)N)CC1C. The third-order valence-electron chi connectivity index (χ3n) is 4.28. The van der Waals surface area contributed by atoms with E-state index >= 15 is 0 Å². The molecule has 2 N–H and O–H groups in total. The molecule has 3 nitrogen and oxygen atoms in total. The molecule has 0 bridgehead atoms. The normalized spacial score (nSPS) is 24.6. The average Bonchev–Trinajstić information content (AvgIpc) is 2.39. The fraction of sp³-hybridized carbons (Fsp3) is 0.625. The van der Waals surface area contributed by atoms with Gasteiger partial charge in [0.25, 0.3) is 0 Å². The second-order valence-electron chi connectivity index (χ2n) is 5.83. The number of nitrogens with two attached hydrogens (primary N) is 1. The smallest absolute Gasteiger partial charge is 0.123 e. The van der Waals surface area contributed by atoms with Crippen LogP contribution in [0.5, 0.6) is 0 Å². The van der Waals surface area contributed by atoms with E-state index in [0.29, 0.717) is 6.04 Å². The van der Waals surface area contributed by atoms with Crippen LogP contribution in [0.4, 0.5) is 4.39 Å². The Morgan fingerprint density at radius 3 is 2.70 bits per heavy atom. The number of rotatable bonds is 4. The Morgan fingerprint density at radius 2 is 2.15 bits per heavy atom. The molecule has 20 heavy (non-hydrogen) atoms. The standard InChI is InChI=1S/C16H26FN3/c1-4-19-8-9-20(11-12(19)2)16(13(3)18)14-6-5-7-15(17)10-14/h5-7,10,12-13,16H,4,8-9,11,18H2,1-3H3. The van der Waals surface area contributed by atoms with Crippen molar-refractivity contribution in [1.29, 1.82) is 0 Å². The molecule has 0 aliphatic carbocycles. The largest absolute Gasteiger partial charge is 0.326 e. The highest BCUT2D eigenvalue weighted by Gasteiger charge is 2.30. The summed E-state index contributed by atoms with van der Waals surface area (Å²) in [6.45, 7) is 10.6. The Morgan fingerprint density at radius 1 is 1.40 bits per heavy atom. The lowest BCUT2D eigenvalue weighted by Crippen LogP contribution is -2.54. The van der Waals surface area contributed by atoms with E-state index in [0.717, 1.165) is 31.7 Å². The zero-order chi connectivity index (χ0) is 14.7. The fourth-order valence-corrected chi connectivity index (χ4v) is 3.28. The van der Waals surface area contributed by atoms with E-state index in [1.807, 2.05) is 13.0 Å². The molecule has 4 heteroatoms. The summed E-state index contributed by atoms with van der Waals surface area (Å²) in [6, 6.07) is 7.44. The first-order chi connectivity index (χ1) is 9.52. The molecule has 0 saturated carbocycles. The molecule has 2 rings (SSSR count). The van der Waals surface area contributed by atoms with E-state index in [2.05, 4.69) is 23.6 Å². The monoisotopic (exact) mass is 279 g/mol. The van der Waals surface area contributed by atoms with Crippen LogP contribution in [0.3, 0.4) is 0 Å². The maximum Gasteiger partial charge on any atom is 0.123 e. The number of nitrogens with zero attached hydrogens (tertiary/aromatic N) is 2. The van der Waals surface area contributed by atoms with Crippen LogP contribution in [0.1, 0.15) is 32.4 Å². The second kappa shape index (κ2) is 6.66. The lowest BCUT2D eigenvalue weighted by atomic mass is 9.97. The van der Waals surface area contributed by atoms with Gasteiger partial charge in [-0.05, 0) is 38.1 Å². The number of hydrogen-bond donors (Lipinski definition) is 1. The summed E-state index contributed by atoms with van der Waals surface area (Å²) in [4.78, 5) is 4.87. The lowest BCUT2D eigenvalue weighted by molar-refractivity contribution is 0.0516. The van der Waals surface area contributed by atoms with Gasteiger partial charge in [0.2, 0.25) is 0 Å². The van der Waals surface area contributed by atoms with Gasteiger partial charge >= 0.3 is 0 Å². The van der Waals surface area contributed by atoms with Gasteiger partial charge in [-0.15, -0.1) is 0 Å². The van der Waals surface area contributed by atoms with Crippen molar-refractivity contribution in [3.8, 4) is 0 Å². The van der Waals surface area contributed by atoms with Crippen molar-refractivity contribution < 1.29 is 4.39 Å². The molecule has 0 amide bonds. The molecular formula is C16H26FN3. The summed E-state index contributed by atoms with van der Waals surface area (Å²) in [6.07, 6.45) is 0. The van der Waals surface area contributed by atoms with Crippen LogP contribution in [0.15, 0.2) is 24.3 Å². The molecule has 3 atom stereocenters. The van der Waals surface area contributed by atoms with E-state index in [9.17, 15) is 4.39 Å². The summed E-state index contributed by atoms with van der Waals surface area (Å²) in [7, 11) is 0. The van der Waals surface area contributed by atoms with Gasteiger partial charge in [0.1, 0.15) is 5.82 Å². The third kappa shape index (κ3) is 3.37. The number of halogens is 1. The zero-order valence-corrected chi connectivity index (χ0v) is 12.7. The Labute approximate surface area is 121 Å². The van der Waals surface area contributed by atoms with Gasteiger partial charge in [-0.3, -0.25) is 9.80 Å². The summed E-state index contributed by atoms with van der Waals surface area (Å²) in [5.74, 6) is -0.187. The van der Waals surface area contributed by atoms with Crippen molar-refractivity contribution in [3.63, 3.8) is 0 Å². The quantitative estimate of drug-likeness (QED) is 0.917. The van der Waals surface area contributed by atoms with Crippen molar-refractivity contribution in [2.75, 3.05) is 26.2 Å². The van der Waals surface area contributed by atoms with Crippen LogP contribution >= 0.6 is 0 Å². The minimum absolute atomic E-state index is 0.0165. The molecule has 112 valence electrons. The van der Waals surface area contributed by atoms with Gasteiger partial charge in [-0.2, -0.15) is 0 Å². The minimum atomic E-state index is -0.187. The highest BCUT2D eigenvalue weighted by atomic mass is 19.1. The van der Waals surface area contributed by atoms with Crippen LogP contribution in [0.2, 0.25) is 0 Å². The Hall–Kier alpha value is -0.970. The molecule has 1 aliphatic rings. The molecule has 1 aromatic rings. The van der Waals surface area contributed by atoms with Crippen LogP contribution in [-0.4, -0.2) is 48.1 Å². The number of hydrogen-bond acceptors (Lipinski definition) is 3. The van der Waals surface area contributed by atoms with Crippen molar-refractivity contribution >= 4 is 0 Å². The molecule has 0 spiro atoms. The molecular weight excluding hydrogens is 253 g/mol. The van der Waals surface area contributed by atoms with Gasteiger partial charge in [-0.1, -0.05) is 19.1 Å². The number of piperazine rings is 1. The predicted octanol–water partition coefficient (Wildman–Crippen LogP) is 2.24. The second-order valence-corrected chi connectivity index (χ2v) is 5.83. The van der Waals surface area contributed by atoms with E-state index in [1.165, 1.54) is 6.07 Å². The van der Waals surface area contributed by atoms with E-state index in [1.54, 1.807) is 12.1 Å². The van der Waals surface area contributed by atoms with Crippen LogP contribution in [0.25, 0.3) is 0 Å². The molecule has 0 aromatic heterocycles. The lowest BCUT2D eigenvalue weighted by Gasteiger charge is -2.44. The maximum atomic E-state index is 13.5. The third-order valence-corrected chi connectivity index (χ3v) is 4.28. The van der Waals surface area contributed by atoms with E-state index in [4.69, 9.17) is 5.73 Å². The molecule has 1 aliphatic heterocycles. The van der Waals surface area contributed by atoms with Gasteiger partial charge in [-0.25, -0.2) is 4.39 Å². The topological polar surface area (TPSA) is 32.5 Å². The van der Waals surface area contributed by atoms with Gasteiger partial charge < -0.3 is 5.73 Å². The van der Waals surface area contributed by atoms with Crippen molar-refractivity contribution in [1.82, 2.24) is 9.80 Å². The maximum absolute atomic E-state index is 13.5. The van der Waals surface area contributed by atoms with Crippen LogP contribution in [0, 0.1) is 5.82 Å². The Balaban J connectivity index is 2.18. The first-order valence-electron chi connectivity index (χ1n) is 7.52. The first-order valence-corrected chi connectivity index (χ1v) is 7.52. The molecule has 1 fully saturated rings. The average molecular weight is 279 g/mol. The molecule has 1 heterocycles. The highest BCUT2D eigenvalue weighted by molar-refractivity contribution is 5.22. The Bertz CT molecular complexity index is 435. The molecule has 1 saturated heterocycles. The molecule has 1 aromatic carbocycles. The van der Waals surface area contributed by atoms with Gasteiger partial charge in [0, 0.05) is 37.8 Å². The highest BCUT2D eigenvalue weighted by Crippen LogP contribution is 2.26. The van der Waals surface area contributed by atoms with Gasteiger partial charge in [0.05, 0.1) is 0 Å².